The highest BCUT2D eigenvalue weighted by molar-refractivity contribution is 6.31. The van der Waals surface area contributed by atoms with Crippen molar-refractivity contribution in [3.63, 3.8) is 0 Å². The fourth-order valence-corrected chi connectivity index (χ4v) is 3.95. The number of hydrogen-bond donors (Lipinski definition) is 1. The van der Waals surface area contributed by atoms with Gasteiger partial charge in [0.25, 0.3) is 5.56 Å². The van der Waals surface area contributed by atoms with Gasteiger partial charge in [-0.15, -0.1) is 0 Å². The number of hydrogen-bond acceptors (Lipinski definition) is 4. The summed E-state index contributed by atoms with van der Waals surface area (Å²) in [6.45, 7) is 3.83. The number of nitrogens with zero attached hydrogens (tertiary/aromatic N) is 3. The molecule has 160 valence electrons. The van der Waals surface area contributed by atoms with Gasteiger partial charge in [-0.25, -0.2) is 4.68 Å². The lowest BCUT2D eigenvalue weighted by atomic mass is 10.1. The van der Waals surface area contributed by atoms with Crippen molar-refractivity contribution in [3.05, 3.63) is 75.5 Å². The van der Waals surface area contributed by atoms with Gasteiger partial charge in [0.15, 0.2) is 0 Å². The molecule has 4 rings (SSSR count). The van der Waals surface area contributed by atoms with E-state index in [0.29, 0.717) is 16.4 Å². The van der Waals surface area contributed by atoms with E-state index < -0.39 is 0 Å². The molecule has 2 heterocycles. The highest BCUT2D eigenvalue weighted by Gasteiger charge is 2.13. The lowest BCUT2D eigenvalue weighted by Crippen LogP contribution is -2.29. The Hall–Kier alpha value is -3.12. The Morgan fingerprint density at radius 3 is 2.52 bits per heavy atom. The minimum Gasteiger partial charge on any atom is -0.372 e. The number of rotatable bonds is 5. The molecule has 7 heteroatoms. The van der Waals surface area contributed by atoms with Gasteiger partial charge in [0.2, 0.25) is 5.91 Å². The lowest BCUT2D eigenvalue weighted by Gasteiger charge is -2.28. The fourth-order valence-electron chi connectivity index (χ4n) is 3.78. The third kappa shape index (κ3) is 4.97. The molecule has 1 amide bonds. The van der Waals surface area contributed by atoms with Gasteiger partial charge in [0.05, 0.1) is 5.69 Å². The van der Waals surface area contributed by atoms with Crippen LogP contribution in [-0.2, 0) is 11.3 Å². The average Bonchev–Trinajstić information content (AvgIpc) is 2.79. The van der Waals surface area contributed by atoms with E-state index in [0.717, 1.165) is 24.2 Å². The summed E-state index contributed by atoms with van der Waals surface area (Å²) in [6.07, 6.45) is 3.75. The zero-order valence-electron chi connectivity index (χ0n) is 17.5. The first kappa shape index (κ1) is 21.1. The Labute approximate surface area is 186 Å². The van der Waals surface area contributed by atoms with Crippen LogP contribution < -0.4 is 15.8 Å². The molecule has 0 saturated carbocycles. The summed E-state index contributed by atoms with van der Waals surface area (Å²) in [5.74, 6) is -0.336. The number of aromatic nitrogens is 2. The first-order valence-electron chi connectivity index (χ1n) is 10.5. The van der Waals surface area contributed by atoms with Crippen LogP contribution in [0.3, 0.4) is 0 Å². The van der Waals surface area contributed by atoms with Crippen LogP contribution in [0.5, 0.6) is 0 Å². The lowest BCUT2D eigenvalue weighted by molar-refractivity contribution is -0.117. The largest absolute Gasteiger partial charge is 0.372 e. The summed E-state index contributed by atoms with van der Waals surface area (Å²) in [6, 6.07) is 16.6. The van der Waals surface area contributed by atoms with E-state index >= 15 is 0 Å². The van der Waals surface area contributed by atoms with Gasteiger partial charge >= 0.3 is 0 Å². The van der Waals surface area contributed by atoms with Crippen molar-refractivity contribution in [3.8, 4) is 11.3 Å². The van der Waals surface area contributed by atoms with E-state index in [1.165, 1.54) is 35.7 Å². The summed E-state index contributed by atoms with van der Waals surface area (Å²) >= 11 is 6.11. The predicted molar refractivity (Wildman–Crippen MR) is 125 cm³/mol. The topological polar surface area (TPSA) is 67.2 Å². The number of carbonyl (C=O) groups excluding carboxylic acids is 1. The predicted octanol–water partition coefficient (Wildman–Crippen LogP) is 4.50. The van der Waals surface area contributed by atoms with E-state index in [9.17, 15) is 9.59 Å². The number of halogens is 1. The highest BCUT2D eigenvalue weighted by atomic mass is 35.5. The maximum Gasteiger partial charge on any atom is 0.267 e. The molecule has 0 spiro atoms. The maximum absolute atomic E-state index is 12.5. The average molecular weight is 437 g/mol. The van der Waals surface area contributed by atoms with Crippen LogP contribution in [0.4, 0.5) is 11.4 Å². The summed E-state index contributed by atoms with van der Waals surface area (Å²) < 4.78 is 1.18. The third-order valence-electron chi connectivity index (χ3n) is 5.59. The van der Waals surface area contributed by atoms with E-state index in [4.69, 9.17) is 11.6 Å². The van der Waals surface area contributed by atoms with E-state index in [1.54, 1.807) is 24.3 Å². The van der Waals surface area contributed by atoms with Gasteiger partial charge in [0, 0.05) is 41.1 Å². The summed E-state index contributed by atoms with van der Waals surface area (Å²) in [4.78, 5) is 27.2. The second kappa shape index (κ2) is 9.35. The molecule has 1 N–H and O–H groups in total. The van der Waals surface area contributed by atoms with Gasteiger partial charge in [-0.2, -0.15) is 5.10 Å². The number of carbonyl (C=O) groups is 1. The van der Waals surface area contributed by atoms with Crippen LogP contribution in [0.2, 0.25) is 5.02 Å². The Kier molecular flexibility index (Phi) is 6.37. The molecule has 0 bridgehead atoms. The molecule has 0 atom stereocenters. The second-order valence-electron chi connectivity index (χ2n) is 7.77. The molecule has 1 aromatic heterocycles. The Bertz CT molecular complexity index is 1140. The summed E-state index contributed by atoms with van der Waals surface area (Å²) in [5.41, 5.74) is 3.83. The number of amides is 1. The standard InChI is InChI=1S/C24H25ClN4O2/c1-17-20(25)6-5-7-21(17)26-23(30)16-29-24(31)13-12-22(27-29)18-8-10-19(11-9-18)28-14-3-2-4-15-28/h5-13H,2-4,14-16H2,1H3,(H,26,30). The zero-order chi connectivity index (χ0) is 21.8. The first-order chi connectivity index (χ1) is 15.0. The van der Waals surface area contributed by atoms with Gasteiger partial charge < -0.3 is 10.2 Å². The Morgan fingerprint density at radius 2 is 1.77 bits per heavy atom. The molecule has 1 aliphatic rings. The normalized spacial score (nSPS) is 13.8. The molecule has 1 saturated heterocycles. The SMILES string of the molecule is Cc1c(Cl)cccc1NC(=O)Cn1nc(-c2ccc(N3CCCCC3)cc2)ccc1=O. The minimum atomic E-state index is -0.336. The van der Waals surface area contributed by atoms with Crippen molar-refractivity contribution < 1.29 is 4.79 Å². The van der Waals surface area contributed by atoms with Crippen LogP contribution in [-0.4, -0.2) is 28.8 Å². The van der Waals surface area contributed by atoms with Gasteiger partial charge in [0.1, 0.15) is 6.54 Å². The van der Waals surface area contributed by atoms with Crippen molar-refractivity contribution in [1.29, 1.82) is 0 Å². The molecular formula is C24H25ClN4O2. The molecular weight excluding hydrogens is 412 g/mol. The van der Waals surface area contributed by atoms with Crippen LogP contribution in [0.25, 0.3) is 11.3 Å². The molecule has 0 radical (unpaired) electrons. The van der Waals surface area contributed by atoms with Crippen molar-refractivity contribution >= 4 is 28.9 Å². The molecule has 1 aliphatic heterocycles. The third-order valence-corrected chi connectivity index (χ3v) is 6.00. The van der Waals surface area contributed by atoms with Crippen molar-refractivity contribution in [2.24, 2.45) is 0 Å². The smallest absolute Gasteiger partial charge is 0.267 e. The number of benzene rings is 2. The molecule has 6 nitrogen and oxygen atoms in total. The molecule has 2 aromatic carbocycles. The fraction of sp³-hybridized carbons (Fsp3) is 0.292. The summed E-state index contributed by atoms with van der Waals surface area (Å²) in [5, 5.41) is 7.78. The van der Waals surface area contributed by atoms with Crippen LogP contribution in [0.1, 0.15) is 24.8 Å². The van der Waals surface area contributed by atoms with Crippen LogP contribution >= 0.6 is 11.6 Å². The number of anilines is 2. The van der Waals surface area contributed by atoms with E-state index in [2.05, 4.69) is 27.4 Å². The highest BCUT2D eigenvalue weighted by Crippen LogP contribution is 2.24. The van der Waals surface area contributed by atoms with Crippen LogP contribution in [0.15, 0.2) is 59.4 Å². The van der Waals surface area contributed by atoms with Gasteiger partial charge in [-0.3, -0.25) is 9.59 Å². The van der Waals surface area contributed by atoms with E-state index in [1.807, 2.05) is 19.1 Å². The van der Waals surface area contributed by atoms with Crippen molar-refractivity contribution in [1.82, 2.24) is 9.78 Å². The molecule has 0 unspecified atom stereocenters. The number of nitrogens with one attached hydrogen (secondary N) is 1. The Morgan fingerprint density at radius 1 is 1.03 bits per heavy atom. The van der Waals surface area contributed by atoms with Crippen LogP contribution in [0, 0.1) is 6.92 Å². The number of piperidine rings is 1. The molecule has 31 heavy (non-hydrogen) atoms. The molecule has 3 aromatic rings. The second-order valence-corrected chi connectivity index (χ2v) is 8.18. The first-order valence-corrected chi connectivity index (χ1v) is 10.9. The zero-order valence-corrected chi connectivity index (χ0v) is 18.2. The van der Waals surface area contributed by atoms with Gasteiger partial charge in [-0.05, 0) is 62.1 Å². The maximum atomic E-state index is 12.5. The van der Waals surface area contributed by atoms with E-state index in [-0.39, 0.29) is 18.0 Å². The Balaban J connectivity index is 1.49. The monoisotopic (exact) mass is 436 g/mol. The summed E-state index contributed by atoms with van der Waals surface area (Å²) in [7, 11) is 0. The van der Waals surface area contributed by atoms with Crippen molar-refractivity contribution in [2.75, 3.05) is 23.3 Å². The van der Waals surface area contributed by atoms with Crippen molar-refractivity contribution in [2.45, 2.75) is 32.7 Å². The minimum absolute atomic E-state index is 0.176. The quantitative estimate of drug-likeness (QED) is 0.639. The van der Waals surface area contributed by atoms with Gasteiger partial charge in [-0.1, -0.05) is 29.8 Å². The molecule has 0 aliphatic carbocycles. The molecule has 1 fully saturated rings.